The topological polar surface area (TPSA) is 57.7 Å². The second kappa shape index (κ2) is 8.75. The van der Waals surface area contributed by atoms with Crippen LogP contribution in [-0.4, -0.2) is 52.8 Å². The molecule has 31 heavy (non-hydrogen) atoms. The zero-order valence-electron chi connectivity index (χ0n) is 16.1. The zero-order chi connectivity index (χ0) is 22.0. The number of benzene rings is 1. The molecule has 6 nitrogen and oxygen atoms in total. The Labute approximate surface area is 179 Å². The van der Waals surface area contributed by atoms with E-state index in [0.29, 0.717) is 23.8 Å². The molecule has 1 fully saturated rings. The SMILES string of the molecule is O=C(C1C=C(c2cc(F)cc(OCC(F)(F)F)c2)N(c2cccnc2)N1)N1CCSC1. The van der Waals surface area contributed by atoms with Crippen LogP contribution in [0.4, 0.5) is 23.2 Å². The van der Waals surface area contributed by atoms with E-state index in [-0.39, 0.29) is 17.2 Å². The van der Waals surface area contributed by atoms with E-state index in [9.17, 15) is 22.4 Å². The molecule has 4 rings (SSSR count). The molecular weight excluding hydrogens is 436 g/mol. The standard InChI is InChI=1S/C20H18F4N4O2S/c21-14-6-13(7-16(8-14)30-11-20(22,23)24)18-9-17(19(29)27-4-5-31-12-27)26-28(18)15-2-1-3-25-10-15/h1-3,6-10,17,26H,4-5,11-12H2. The number of nitrogens with one attached hydrogen (secondary N) is 1. The summed E-state index contributed by atoms with van der Waals surface area (Å²) < 4.78 is 56.5. The molecule has 1 amide bonds. The Morgan fingerprint density at radius 2 is 2.16 bits per heavy atom. The summed E-state index contributed by atoms with van der Waals surface area (Å²) >= 11 is 1.65. The first kappa shape index (κ1) is 21.4. The third kappa shape index (κ3) is 5.10. The van der Waals surface area contributed by atoms with Crippen LogP contribution in [0.2, 0.25) is 0 Å². The molecule has 11 heteroatoms. The number of pyridine rings is 1. The van der Waals surface area contributed by atoms with Gasteiger partial charge < -0.3 is 9.64 Å². The van der Waals surface area contributed by atoms with Crippen LogP contribution in [0.3, 0.4) is 0 Å². The zero-order valence-corrected chi connectivity index (χ0v) is 16.9. The summed E-state index contributed by atoms with van der Waals surface area (Å²) in [4.78, 5) is 18.7. The molecule has 1 aromatic heterocycles. The molecule has 1 unspecified atom stereocenters. The number of hydrogen-bond acceptors (Lipinski definition) is 6. The molecule has 0 radical (unpaired) electrons. The highest BCUT2D eigenvalue weighted by atomic mass is 32.2. The Balaban J connectivity index is 1.67. The van der Waals surface area contributed by atoms with E-state index < -0.39 is 24.6 Å². The van der Waals surface area contributed by atoms with Crippen molar-refractivity contribution in [1.29, 1.82) is 0 Å². The number of ether oxygens (including phenoxy) is 1. The molecule has 0 saturated carbocycles. The number of alkyl halides is 3. The first-order valence-corrected chi connectivity index (χ1v) is 10.5. The lowest BCUT2D eigenvalue weighted by Crippen LogP contribution is -2.46. The number of anilines is 1. The van der Waals surface area contributed by atoms with Gasteiger partial charge in [-0.3, -0.25) is 14.8 Å². The van der Waals surface area contributed by atoms with Crippen molar-refractivity contribution in [1.82, 2.24) is 15.3 Å². The van der Waals surface area contributed by atoms with Crippen molar-refractivity contribution >= 4 is 29.1 Å². The maximum absolute atomic E-state index is 14.2. The summed E-state index contributed by atoms with van der Waals surface area (Å²) in [6.45, 7) is -0.902. The fourth-order valence-electron chi connectivity index (χ4n) is 3.27. The van der Waals surface area contributed by atoms with Gasteiger partial charge in [0.05, 0.1) is 23.5 Å². The molecule has 2 aromatic rings. The third-order valence-corrected chi connectivity index (χ3v) is 5.60. The molecule has 0 aliphatic carbocycles. The number of hydrogen-bond donors (Lipinski definition) is 1. The highest BCUT2D eigenvalue weighted by Gasteiger charge is 2.34. The van der Waals surface area contributed by atoms with Crippen LogP contribution in [0.1, 0.15) is 5.56 Å². The van der Waals surface area contributed by atoms with Crippen LogP contribution in [0.25, 0.3) is 5.70 Å². The van der Waals surface area contributed by atoms with Crippen LogP contribution in [-0.2, 0) is 4.79 Å². The molecule has 1 N–H and O–H groups in total. The van der Waals surface area contributed by atoms with Gasteiger partial charge in [-0.1, -0.05) is 0 Å². The quantitative estimate of drug-likeness (QED) is 0.699. The van der Waals surface area contributed by atoms with Gasteiger partial charge in [0.25, 0.3) is 0 Å². The molecule has 164 valence electrons. The Bertz CT molecular complexity index is 981. The fraction of sp³-hybridized carbons (Fsp3) is 0.300. The molecular formula is C20H18F4N4O2S. The monoisotopic (exact) mass is 454 g/mol. The van der Waals surface area contributed by atoms with E-state index in [2.05, 4.69) is 10.4 Å². The van der Waals surface area contributed by atoms with Crippen molar-refractivity contribution in [3.8, 4) is 5.75 Å². The van der Waals surface area contributed by atoms with Crippen molar-refractivity contribution < 1.29 is 27.1 Å². The molecule has 2 aliphatic rings. The second-order valence-electron chi connectivity index (χ2n) is 6.92. The minimum Gasteiger partial charge on any atom is -0.484 e. The Hall–Kier alpha value is -2.79. The minimum absolute atomic E-state index is 0.140. The van der Waals surface area contributed by atoms with Crippen LogP contribution >= 0.6 is 11.8 Å². The summed E-state index contributed by atoms with van der Waals surface area (Å²) in [5.74, 6) is 0.282. The summed E-state index contributed by atoms with van der Waals surface area (Å²) in [5, 5.41) is 1.57. The van der Waals surface area contributed by atoms with Crippen molar-refractivity contribution in [3.05, 3.63) is 60.2 Å². The number of aromatic nitrogens is 1. The second-order valence-corrected chi connectivity index (χ2v) is 8.00. The predicted octanol–water partition coefficient (Wildman–Crippen LogP) is 3.43. The van der Waals surface area contributed by atoms with Gasteiger partial charge in [0.2, 0.25) is 5.91 Å². The number of carbonyl (C=O) groups is 1. The van der Waals surface area contributed by atoms with Crippen LogP contribution in [0.5, 0.6) is 5.75 Å². The smallest absolute Gasteiger partial charge is 0.422 e. The number of hydrazine groups is 1. The van der Waals surface area contributed by atoms with Crippen LogP contribution in [0.15, 0.2) is 48.8 Å². The molecule has 1 aromatic carbocycles. The van der Waals surface area contributed by atoms with E-state index in [4.69, 9.17) is 4.74 Å². The summed E-state index contributed by atoms with van der Waals surface area (Å²) in [5.41, 5.74) is 4.34. The van der Waals surface area contributed by atoms with E-state index in [0.717, 1.165) is 11.8 Å². The normalized spacial score (nSPS) is 19.0. The van der Waals surface area contributed by atoms with Gasteiger partial charge in [-0.15, -0.1) is 11.8 Å². The summed E-state index contributed by atoms with van der Waals surface area (Å²) in [6, 6.07) is 6.10. The molecule has 2 aliphatic heterocycles. The minimum atomic E-state index is -4.55. The summed E-state index contributed by atoms with van der Waals surface area (Å²) in [7, 11) is 0. The van der Waals surface area contributed by atoms with E-state index in [1.54, 1.807) is 52.3 Å². The van der Waals surface area contributed by atoms with Crippen molar-refractivity contribution in [2.24, 2.45) is 0 Å². The fourth-order valence-corrected chi connectivity index (χ4v) is 4.23. The number of halogens is 4. The lowest BCUT2D eigenvalue weighted by Gasteiger charge is -2.25. The Morgan fingerprint density at radius 3 is 2.84 bits per heavy atom. The predicted molar refractivity (Wildman–Crippen MR) is 109 cm³/mol. The number of carbonyl (C=O) groups excluding carboxylic acids is 1. The van der Waals surface area contributed by atoms with Crippen LogP contribution in [0, 0.1) is 5.82 Å². The van der Waals surface area contributed by atoms with Gasteiger partial charge in [-0.05, 0) is 30.3 Å². The third-order valence-electron chi connectivity index (χ3n) is 4.64. The highest BCUT2D eigenvalue weighted by molar-refractivity contribution is 7.99. The van der Waals surface area contributed by atoms with Crippen molar-refractivity contribution in [3.63, 3.8) is 0 Å². The average Bonchev–Trinajstić information content (AvgIpc) is 3.42. The average molecular weight is 454 g/mol. The number of nitrogens with zero attached hydrogens (tertiary/aromatic N) is 3. The van der Waals surface area contributed by atoms with Crippen molar-refractivity contribution in [2.75, 3.05) is 29.8 Å². The maximum atomic E-state index is 14.2. The molecule has 1 saturated heterocycles. The van der Waals surface area contributed by atoms with Gasteiger partial charge in [0.15, 0.2) is 6.61 Å². The Kier molecular flexibility index (Phi) is 6.05. The highest BCUT2D eigenvalue weighted by Crippen LogP contribution is 2.32. The number of amides is 1. The van der Waals surface area contributed by atoms with E-state index >= 15 is 0 Å². The summed E-state index contributed by atoms with van der Waals surface area (Å²) in [6.07, 6.45) is 0.215. The van der Waals surface area contributed by atoms with Gasteiger partial charge in [-0.25, -0.2) is 9.82 Å². The number of thioether (sulfide) groups is 1. The number of rotatable bonds is 5. The van der Waals surface area contributed by atoms with E-state index in [1.807, 2.05) is 0 Å². The van der Waals surface area contributed by atoms with E-state index in [1.165, 1.54) is 12.1 Å². The lowest BCUT2D eigenvalue weighted by molar-refractivity contribution is -0.153. The van der Waals surface area contributed by atoms with Gasteiger partial charge >= 0.3 is 6.18 Å². The molecule has 3 heterocycles. The molecule has 0 bridgehead atoms. The molecule has 0 spiro atoms. The first-order valence-electron chi connectivity index (χ1n) is 9.35. The van der Waals surface area contributed by atoms with Crippen molar-refractivity contribution in [2.45, 2.75) is 12.2 Å². The van der Waals surface area contributed by atoms with Gasteiger partial charge in [0.1, 0.15) is 17.6 Å². The van der Waals surface area contributed by atoms with Crippen LogP contribution < -0.4 is 15.2 Å². The lowest BCUT2D eigenvalue weighted by atomic mass is 10.1. The maximum Gasteiger partial charge on any atom is 0.422 e. The Morgan fingerprint density at radius 1 is 1.32 bits per heavy atom. The van der Waals surface area contributed by atoms with Gasteiger partial charge in [0, 0.05) is 30.1 Å². The van der Waals surface area contributed by atoms with Gasteiger partial charge in [-0.2, -0.15) is 13.2 Å². The first-order chi connectivity index (χ1) is 14.8. The largest absolute Gasteiger partial charge is 0.484 e. The molecule has 1 atom stereocenters.